The molecule has 0 aromatic carbocycles. The lowest BCUT2D eigenvalue weighted by Gasteiger charge is -2.11. The Morgan fingerprint density at radius 1 is 1.53 bits per heavy atom. The van der Waals surface area contributed by atoms with Crippen molar-refractivity contribution in [2.75, 3.05) is 13.2 Å². The summed E-state index contributed by atoms with van der Waals surface area (Å²) in [6.45, 7) is 0.462. The maximum atomic E-state index is 11.8. The molecule has 0 aliphatic heterocycles. The quantitative estimate of drug-likeness (QED) is 0.830. The first-order chi connectivity index (χ1) is 7.79. The van der Waals surface area contributed by atoms with Crippen LogP contribution < -0.4 is 0 Å². The van der Waals surface area contributed by atoms with Gasteiger partial charge in [-0.05, 0) is 34.5 Å². The van der Waals surface area contributed by atoms with E-state index in [1.807, 2.05) is 6.92 Å². The summed E-state index contributed by atoms with van der Waals surface area (Å²) < 4.78 is 40.7. The average molecular weight is 333 g/mol. The van der Waals surface area contributed by atoms with E-state index in [9.17, 15) is 18.3 Å². The molecule has 0 saturated heterocycles. The molecule has 1 aromatic rings. The first kappa shape index (κ1) is 14.9. The molecule has 2 nitrogen and oxygen atoms in total. The molecule has 0 spiro atoms. The maximum Gasteiger partial charge on any atom is 0.411 e. The van der Waals surface area contributed by atoms with Gasteiger partial charge in [0.2, 0.25) is 0 Å². The van der Waals surface area contributed by atoms with Crippen LogP contribution in [0.3, 0.4) is 0 Å². The number of alkyl halides is 3. The molecule has 0 saturated carbocycles. The van der Waals surface area contributed by atoms with Crippen molar-refractivity contribution in [1.29, 1.82) is 0 Å². The number of aryl methyl sites for hydroxylation is 1. The van der Waals surface area contributed by atoms with E-state index in [0.29, 0.717) is 0 Å². The Bertz CT molecular complexity index is 365. The topological polar surface area (TPSA) is 29.5 Å². The number of aliphatic hydroxyl groups excluding tert-OH is 1. The Labute approximate surface area is 110 Å². The SMILES string of the molecule is Cc1sc(Br)cc1C(O)CCOCC(F)(F)F. The molecule has 17 heavy (non-hydrogen) atoms. The van der Waals surface area contributed by atoms with Crippen LogP contribution in [0.25, 0.3) is 0 Å². The third-order valence-corrected chi connectivity index (χ3v) is 3.66. The molecule has 0 aliphatic carbocycles. The van der Waals surface area contributed by atoms with E-state index in [0.717, 1.165) is 14.2 Å². The maximum absolute atomic E-state index is 11.8. The minimum absolute atomic E-state index is 0.117. The van der Waals surface area contributed by atoms with Gasteiger partial charge in [0.15, 0.2) is 0 Å². The summed E-state index contributed by atoms with van der Waals surface area (Å²) in [6.07, 6.45) is -4.95. The van der Waals surface area contributed by atoms with Crippen molar-refractivity contribution in [3.8, 4) is 0 Å². The highest BCUT2D eigenvalue weighted by Gasteiger charge is 2.27. The van der Waals surface area contributed by atoms with E-state index in [1.165, 1.54) is 11.3 Å². The largest absolute Gasteiger partial charge is 0.411 e. The minimum Gasteiger partial charge on any atom is -0.388 e. The Morgan fingerprint density at radius 3 is 2.65 bits per heavy atom. The smallest absolute Gasteiger partial charge is 0.388 e. The molecule has 1 N–H and O–H groups in total. The first-order valence-electron chi connectivity index (χ1n) is 4.88. The van der Waals surface area contributed by atoms with Gasteiger partial charge in [0.1, 0.15) is 6.61 Å². The summed E-state index contributed by atoms with van der Waals surface area (Å²) in [6, 6.07) is 1.77. The zero-order valence-corrected chi connectivity index (χ0v) is 11.5. The van der Waals surface area contributed by atoms with Crippen LogP contribution in [0.5, 0.6) is 0 Å². The van der Waals surface area contributed by atoms with E-state index in [1.54, 1.807) is 6.07 Å². The molecule has 98 valence electrons. The van der Waals surface area contributed by atoms with Gasteiger partial charge >= 0.3 is 6.18 Å². The van der Waals surface area contributed by atoms with E-state index in [-0.39, 0.29) is 13.0 Å². The van der Waals surface area contributed by atoms with Crippen LogP contribution in [0, 0.1) is 6.92 Å². The van der Waals surface area contributed by atoms with E-state index in [4.69, 9.17) is 0 Å². The number of thiophene rings is 1. The fourth-order valence-corrected chi connectivity index (χ4v) is 3.09. The third kappa shape index (κ3) is 5.37. The van der Waals surface area contributed by atoms with Gasteiger partial charge in [0.25, 0.3) is 0 Å². The summed E-state index contributed by atoms with van der Waals surface area (Å²) in [7, 11) is 0. The highest BCUT2D eigenvalue weighted by molar-refractivity contribution is 9.11. The first-order valence-corrected chi connectivity index (χ1v) is 6.49. The van der Waals surface area contributed by atoms with Crippen LogP contribution >= 0.6 is 27.3 Å². The van der Waals surface area contributed by atoms with Gasteiger partial charge in [-0.15, -0.1) is 11.3 Å². The van der Waals surface area contributed by atoms with Crippen LogP contribution in [-0.2, 0) is 4.74 Å². The van der Waals surface area contributed by atoms with Crippen molar-refractivity contribution in [1.82, 2.24) is 0 Å². The monoisotopic (exact) mass is 332 g/mol. The average Bonchev–Trinajstić information content (AvgIpc) is 2.51. The Hall–Kier alpha value is -0.110. The predicted molar refractivity (Wildman–Crippen MR) is 63.2 cm³/mol. The van der Waals surface area contributed by atoms with Crippen molar-refractivity contribution in [3.05, 3.63) is 20.3 Å². The molecule has 1 atom stereocenters. The zero-order chi connectivity index (χ0) is 13.1. The molecule has 0 aliphatic rings. The molecule has 1 heterocycles. The Morgan fingerprint density at radius 2 is 2.18 bits per heavy atom. The number of ether oxygens (including phenoxy) is 1. The Kier molecular flexibility index (Phi) is 5.43. The highest BCUT2D eigenvalue weighted by Crippen LogP contribution is 2.31. The molecule has 0 radical (unpaired) electrons. The molecule has 1 unspecified atom stereocenters. The lowest BCUT2D eigenvalue weighted by molar-refractivity contribution is -0.175. The van der Waals surface area contributed by atoms with Gasteiger partial charge in [-0.2, -0.15) is 13.2 Å². The van der Waals surface area contributed by atoms with Gasteiger partial charge < -0.3 is 9.84 Å². The highest BCUT2D eigenvalue weighted by atomic mass is 79.9. The lowest BCUT2D eigenvalue weighted by Crippen LogP contribution is -2.18. The van der Waals surface area contributed by atoms with Crippen molar-refractivity contribution in [2.45, 2.75) is 25.6 Å². The third-order valence-electron chi connectivity index (χ3n) is 2.09. The number of hydrogen-bond acceptors (Lipinski definition) is 3. The van der Waals surface area contributed by atoms with Crippen molar-refractivity contribution >= 4 is 27.3 Å². The van der Waals surface area contributed by atoms with Gasteiger partial charge in [-0.25, -0.2) is 0 Å². The van der Waals surface area contributed by atoms with E-state index in [2.05, 4.69) is 20.7 Å². The molecular weight excluding hydrogens is 321 g/mol. The molecule has 1 aromatic heterocycles. The fourth-order valence-electron chi connectivity index (χ4n) is 1.33. The summed E-state index contributed by atoms with van der Waals surface area (Å²) in [4.78, 5) is 0.945. The summed E-state index contributed by atoms with van der Waals surface area (Å²) in [5.74, 6) is 0. The normalized spacial score (nSPS) is 14.0. The van der Waals surface area contributed by atoms with E-state index >= 15 is 0 Å². The molecule has 7 heteroatoms. The second kappa shape index (κ2) is 6.17. The van der Waals surface area contributed by atoms with Gasteiger partial charge in [0, 0.05) is 17.9 Å². The Balaban J connectivity index is 2.35. The van der Waals surface area contributed by atoms with Crippen LogP contribution in [0.4, 0.5) is 13.2 Å². The second-order valence-electron chi connectivity index (χ2n) is 3.53. The number of aliphatic hydroxyl groups is 1. The van der Waals surface area contributed by atoms with Crippen LogP contribution in [-0.4, -0.2) is 24.5 Å². The van der Waals surface area contributed by atoms with Crippen molar-refractivity contribution in [3.63, 3.8) is 0 Å². The van der Waals surface area contributed by atoms with Gasteiger partial charge in [-0.3, -0.25) is 0 Å². The number of hydrogen-bond donors (Lipinski definition) is 1. The lowest BCUT2D eigenvalue weighted by atomic mass is 10.1. The molecule has 0 amide bonds. The number of rotatable bonds is 5. The molecule has 0 bridgehead atoms. The summed E-state index contributed by atoms with van der Waals surface area (Å²) >= 11 is 4.76. The fraction of sp³-hybridized carbons (Fsp3) is 0.600. The van der Waals surface area contributed by atoms with Crippen molar-refractivity contribution in [2.24, 2.45) is 0 Å². The molecular formula is C10H12BrF3O2S. The standard InChI is InChI=1S/C10H12BrF3O2S/c1-6-7(4-9(11)17-6)8(15)2-3-16-5-10(12,13)14/h4,8,15H,2-3,5H2,1H3. The molecule has 0 fully saturated rings. The van der Waals surface area contributed by atoms with Crippen LogP contribution in [0.2, 0.25) is 0 Å². The molecule has 1 rings (SSSR count). The minimum atomic E-state index is -4.31. The van der Waals surface area contributed by atoms with Crippen LogP contribution in [0.15, 0.2) is 9.85 Å². The predicted octanol–water partition coefficient (Wildman–Crippen LogP) is 3.82. The van der Waals surface area contributed by atoms with Crippen molar-refractivity contribution < 1.29 is 23.0 Å². The second-order valence-corrected chi connectivity index (χ2v) is 6.17. The van der Waals surface area contributed by atoms with Gasteiger partial charge in [-0.1, -0.05) is 0 Å². The van der Waals surface area contributed by atoms with E-state index < -0.39 is 18.9 Å². The van der Waals surface area contributed by atoms with Crippen LogP contribution in [0.1, 0.15) is 23.0 Å². The zero-order valence-electron chi connectivity index (χ0n) is 9.05. The number of halogens is 4. The summed E-state index contributed by atoms with van der Waals surface area (Å²) in [5.41, 5.74) is 0.734. The summed E-state index contributed by atoms with van der Waals surface area (Å²) in [5, 5.41) is 9.77. The van der Waals surface area contributed by atoms with Gasteiger partial charge in [0.05, 0.1) is 9.89 Å².